The van der Waals surface area contributed by atoms with Crippen molar-refractivity contribution in [3.8, 4) is 0 Å². The van der Waals surface area contributed by atoms with E-state index in [0.29, 0.717) is 6.29 Å². The molecule has 0 amide bonds. The minimum absolute atomic E-state index is 0. The van der Waals surface area contributed by atoms with Crippen LogP contribution in [0.2, 0.25) is 0 Å². The van der Waals surface area contributed by atoms with E-state index < -0.39 is 0 Å². The first-order valence-corrected chi connectivity index (χ1v) is 2.35. The Kier molecular flexibility index (Phi) is 52.3. The van der Waals surface area contributed by atoms with Gasteiger partial charge in [-0.25, -0.2) is 0 Å². The van der Waals surface area contributed by atoms with Crippen molar-refractivity contribution in [2.24, 2.45) is 0 Å². The van der Waals surface area contributed by atoms with E-state index in [4.69, 9.17) is 4.79 Å². The molecular weight excluding hydrogens is 112 g/mol. The van der Waals surface area contributed by atoms with Crippen molar-refractivity contribution in [2.75, 3.05) is 0 Å². The van der Waals surface area contributed by atoms with Gasteiger partial charge in [0.05, 0.1) is 0 Å². The molecule has 44 valence electrons. The minimum Gasteiger partial charge on any atom is -0.343 e. The molecule has 0 saturated carbocycles. The van der Waals surface area contributed by atoms with Gasteiger partial charge < -0.3 is 18.6 Å². The smallest absolute Gasteiger partial charge is 0.343 e. The van der Waals surface area contributed by atoms with Crippen LogP contribution >= 0.6 is 0 Å². The van der Waals surface area contributed by atoms with E-state index in [1.165, 1.54) is 6.42 Å². The predicted molar refractivity (Wildman–Crippen MR) is 37.4 cm³/mol. The van der Waals surface area contributed by atoms with Gasteiger partial charge in [-0.1, -0.05) is 13.3 Å². The topological polar surface area (TPSA) is 17.1 Å². The van der Waals surface area contributed by atoms with Crippen LogP contribution in [0.5, 0.6) is 0 Å². The Labute approximate surface area is 68.0 Å². The quantitative estimate of drug-likeness (QED) is 0.292. The molecular formula is C6H12MgO. The summed E-state index contributed by atoms with van der Waals surface area (Å²) >= 11 is 0. The minimum atomic E-state index is 0. The first-order valence-electron chi connectivity index (χ1n) is 2.35. The SMILES string of the molecule is [CH2-]C=O.[CH2-]CCC.[Mg+2]. The van der Waals surface area contributed by atoms with Crippen LogP contribution < -0.4 is 0 Å². The summed E-state index contributed by atoms with van der Waals surface area (Å²) in [4.78, 5) is 8.69. The third-order valence-electron chi connectivity index (χ3n) is 0.354. The Morgan fingerprint density at radius 1 is 1.62 bits per heavy atom. The zero-order valence-electron chi connectivity index (χ0n) is 5.52. The van der Waals surface area contributed by atoms with Crippen LogP contribution in [0.3, 0.4) is 0 Å². The molecule has 0 aliphatic heterocycles. The normalized spacial score (nSPS) is 5.25. The molecule has 0 aliphatic rings. The summed E-state index contributed by atoms with van der Waals surface area (Å²) in [6.07, 6.45) is 2.78. The fraction of sp³-hybridized carbons (Fsp3) is 0.500. The molecule has 8 heavy (non-hydrogen) atoms. The molecule has 1 nitrogen and oxygen atoms in total. The van der Waals surface area contributed by atoms with Crippen molar-refractivity contribution >= 4 is 29.3 Å². The zero-order valence-corrected chi connectivity index (χ0v) is 6.94. The number of carbonyl (C=O) groups excluding carboxylic acids is 1. The molecule has 0 N–H and O–H groups in total. The number of aldehydes is 1. The summed E-state index contributed by atoms with van der Waals surface area (Å²) in [6.45, 7) is 8.53. The van der Waals surface area contributed by atoms with Crippen LogP contribution in [0, 0.1) is 13.8 Å². The summed E-state index contributed by atoms with van der Waals surface area (Å²) < 4.78 is 0. The average molecular weight is 124 g/mol. The summed E-state index contributed by atoms with van der Waals surface area (Å²) in [5, 5.41) is 0. The van der Waals surface area contributed by atoms with E-state index in [2.05, 4.69) is 20.8 Å². The van der Waals surface area contributed by atoms with Crippen LogP contribution in [0.4, 0.5) is 0 Å². The van der Waals surface area contributed by atoms with E-state index >= 15 is 0 Å². The van der Waals surface area contributed by atoms with Gasteiger partial charge >= 0.3 is 23.1 Å². The summed E-state index contributed by atoms with van der Waals surface area (Å²) in [6, 6.07) is 0. The molecule has 0 radical (unpaired) electrons. The van der Waals surface area contributed by atoms with Gasteiger partial charge in [-0.3, -0.25) is 0 Å². The Hall–Kier alpha value is 0.306. The Bertz CT molecular complexity index is 27.7. The fourth-order valence-electron chi connectivity index (χ4n) is 0. The number of carbonyl (C=O) groups is 1. The van der Waals surface area contributed by atoms with Crippen LogP contribution in [0.15, 0.2) is 0 Å². The number of hydrogen-bond acceptors (Lipinski definition) is 1. The van der Waals surface area contributed by atoms with Gasteiger partial charge in [0.2, 0.25) is 0 Å². The number of unbranched alkanes of at least 4 members (excludes halogenated alkanes) is 1. The monoisotopic (exact) mass is 124 g/mol. The molecule has 0 spiro atoms. The molecule has 0 atom stereocenters. The summed E-state index contributed by atoms with van der Waals surface area (Å²) in [5.41, 5.74) is 0. The molecule has 0 bridgehead atoms. The molecule has 0 aromatic carbocycles. The third kappa shape index (κ3) is 104. The van der Waals surface area contributed by atoms with Crippen molar-refractivity contribution < 1.29 is 4.79 Å². The van der Waals surface area contributed by atoms with Gasteiger partial charge in [-0.05, 0) is 6.29 Å². The Morgan fingerprint density at radius 2 is 1.75 bits per heavy atom. The maximum atomic E-state index is 8.69. The molecule has 2 heteroatoms. The van der Waals surface area contributed by atoms with Gasteiger partial charge in [0, 0.05) is 0 Å². The molecule has 0 rings (SSSR count). The maximum Gasteiger partial charge on any atom is 2.00 e. The molecule has 0 fully saturated rings. The summed E-state index contributed by atoms with van der Waals surface area (Å²) in [5.74, 6) is 0. The van der Waals surface area contributed by atoms with Gasteiger partial charge in [-0.15, -0.1) is 0 Å². The molecule has 0 heterocycles. The Morgan fingerprint density at radius 3 is 1.75 bits per heavy atom. The van der Waals surface area contributed by atoms with Crippen molar-refractivity contribution in [1.29, 1.82) is 0 Å². The van der Waals surface area contributed by atoms with Gasteiger partial charge in [0.15, 0.2) is 0 Å². The first-order chi connectivity index (χ1) is 3.33. The molecule has 0 aromatic heterocycles. The van der Waals surface area contributed by atoms with Crippen LogP contribution in [0.1, 0.15) is 19.8 Å². The largest absolute Gasteiger partial charge is 2.00 e. The van der Waals surface area contributed by atoms with E-state index in [0.717, 1.165) is 6.42 Å². The van der Waals surface area contributed by atoms with E-state index in [-0.39, 0.29) is 23.1 Å². The predicted octanol–water partition coefficient (Wildman–Crippen LogP) is 1.26. The second-order valence-corrected chi connectivity index (χ2v) is 1.02. The van der Waals surface area contributed by atoms with Crippen molar-refractivity contribution in [3.05, 3.63) is 13.8 Å². The van der Waals surface area contributed by atoms with E-state index in [1.54, 1.807) is 0 Å². The zero-order chi connectivity index (χ0) is 6.12. The van der Waals surface area contributed by atoms with Crippen molar-refractivity contribution in [3.63, 3.8) is 0 Å². The number of hydrogen-bond donors (Lipinski definition) is 0. The van der Waals surface area contributed by atoms with Crippen LogP contribution in [-0.2, 0) is 4.79 Å². The standard InChI is InChI=1S/C4H9.C2H3O.Mg/c1-3-4-2;1-2-3;/h1,3-4H2,2H3;2H,1H2;/q2*-1;+2. The van der Waals surface area contributed by atoms with Gasteiger partial charge in [-0.2, -0.15) is 6.42 Å². The molecule has 0 saturated heterocycles. The maximum absolute atomic E-state index is 8.69. The van der Waals surface area contributed by atoms with E-state index in [9.17, 15) is 0 Å². The third-order valence-corrected chi connectivity index (χ3v) is 0.354. The Balaban J connectivity index is -0.0000000575. The van der Waals surface area contributed by atoms with Crippen molar-refractivity contribution in [2.45, 2.75) is 19.8 Å². The van der Waals surface area contributed by atoms with Crippen LogP contribution in [0.25, 0.3) is 0 Å². The average Bonchev–Trinajstić information content (AvgIpc) is 1.69. The molecule has 0 unspecified atom stereocenters. The number of rotatable bonds is 1. The van der Waals surface area contributed by atoms with Gasteiger partial charge in [0.1, 0.15) is 0 Å². The molecule has 0 aromatic rings. The van der Waals surface area contributed by atoms with E-state index in [1.807, 2.05) is 0 Å². The first kappa shape index (κ1) is 15.7. The second kappa shape index (κ2) is 26.6. The van der Waals surface area contributed by atoms with Gasteiger partial charge in [0.25, 0.3) is 0 Å². The second-order valence-electron chi connectivity index (χ2n) is 1.02. The molecule has 0 aliphatic carbocycles. The van der Waals surface area contributed by atoms with Crippen LogP contribution in [-0.4, -0.2) is 29.3 Å². The fourth-order valence-corrected chi connectivity index (χ4v) is 0. The summed E-state index contributed by atoms with van der Waals surface area (Å²) in [7, 11) is 0. The van der Waals surface area contributed by atoms with Crippen molar-refractivity contribution in [1.82, 2.24) is 0 Å².